The molecule has 1 aromatic heterocycles. The summed E-state index contributed by atoms with van der Waals surface area (Å²) in [6.45, 7) is 2.13. The number of aromatic nitrogens is 2. The lowest BCUT2D eigenvalue weighted by Gasteiger charge is -2.08. The second-order valence-corrected chi connectivity index (χ2v) is 5.73. The molecule has 0 aliphatic carbocycles. The van der Waals surface area contributed by atoms with Gasteiger partial charge in [-0.2, -0.15) is 0 Å². The minimum atomic E-state index is -3.43. The van der Waals surface area contributed by atoms with Gasteiger partial charge in [-0.25, -0.2) is 18.1 Å². The Hall–Kier alpha value is -1.66. The number of aryl methyl sites for hydroxylation is 1. The lowest BCUT2D eigenvalue weighted by Crippen LogP contribution is -2.26. The number of nitrogens with one attached hydrogen (secondary N) is 2. The summed E-state index contributed by atoms with van der Waals surface area (Å²) in [5.41, 5.74) is 1.65. The van der Waals surface area contributed by atoms with Gasteiger partial charge in [-0.3, -0.25) is 0 Å². The zero-order valence-electron chi connectivity index (χ0n) is 10.1. The monoisotopic (exact) mass is 265 g/mol. The topological polar surface area (TPSA) is 74.8 Å². The van der Waals surface area contributed by atoms with Gasteiger partial charge in [0.05, 0.1) is 11.2 Å². The van der Waals surface area contributed by atoms with Crippen molar-refractivity contribution < 1.29 is 8.42 Å². The Balaban J connectivity index is 2.02. The highest BCUT2D eigenvalue weighted by Gasteiger charge is 2.15. The Morgan fingerprint density at radius 2 is 2.11 bits per heavy atom. The van der Waals surface area contributed by atoms with Gasteiger partial charge in [0.25, 0.3) is 0 Å². The van der Waals surface area contributed by atoms with Gasteiger partial charge in [0, 0.05) is 24.9 Å². The summed E-state index contributed by atoms with van der Waals surface area (Å²) in [6, 6.07) is 6.92. The first-order chi connectivity index (χ1) is 8.59. The van der Waals surface area contributed by atoms with Gasteiger partial charge in [0.15, 0.2) is 0 Å². The van der Waals surface area contributed by atoms with Crippen LogP contribution in [0.15, 0.2) is 41.7 Å². The molecule has 1 heterocycles. The van der Waals surface area contributed by atoms with Crippen LogP contribution in [-0.2, 0) is 16.4 Å². The number of hydrogen-bond donors (Lipinski definition) is 2. The molecule has 2 rings (SSSR count). The number of aromatic amines is 1. The summed E-state index contributed by atoms with van der Waals surface area (Å²) in [5.74, 6) is 0. The van der Waals surface area contributed by atoms with Gasteiger partial charge in [-0.05, 0) is 18.6 Å². The number of H-pyrrole nitrogens is 1. The Kier molecular flexibility index (Phi) is 3.78. The molecule has 0 saturated heterocycles. The third kappa shape index (κ3) is 2.96. The lowest BCUT2D eigenvalue weighted by atomic mass is 10.2. The molecule has 5 nitrogen and oxygen atoms in total. The minimum absolute atomic E-state index is 0.328. The molecule has 0 radical (unpaired) electrons. The number of rotatable bonds is 5. The number of sulfonamides is 1. The summed E-state index contributed by atoms with van der Waals surface area (Å²) in [4.78, 5) is 7.13. The van der Waals surface area contributed by atoms with Gasteiger partial charge in [0.1, 0.15) is 0 Å². The Morgan fingerprint density at radius 3 is 2.78 bits per heavy atom. The number of hydrogen-bond acceptors (Lipinski definition) is 3. The Labute approximate surface area is 106 Å². The van der Waals surface area contributed by atoms with Crippen molar-refractivity contribution in [2.75, 3.05) is 6.54 Å². The van der Waals surface area contributed by atoms with Gasteiger partial charge in [-0.15, -0.1) is 0 Å². The molecule has 0 spiro atoms. The number of nitrogens with zero attached hydrogens (tertiary/aromatic N) is 1. The first-order valence-corrected chi connectivity index (χ1v) is 7.10. The van der Waals surface area contributed by atoms with Crippen LogP contribution in [0.1, 0.15) is 11.3 Å². The maximum atomic E-state index is 12.0. The van der Waals surface area contributed by atoms with Gasteiger partial charge < -0.3 is 4.98 Å². The van der Waals surface area contributed by atoms with Crippen molar-refractivity contribution >= 4 is 10.0 Å². The lowest BCUT2D eigenvalue weighted by molar-refractivity contribution is 0.580. The van der Waals surface area contributed by atoms with E-state index in [9.17, 15) is 8.42 Å². The van der Waals surface area contributed by atoms with Crippen LogP contribution in [0.2, 0.25) is 0 Å². The van der Waals surface area contributed by atoms with E-state index in [2.05, 4.69) is 14.7 Å². The molecule has 0 saturated carbocycles. The first kappa shape index (κ1) is 12.8. The standard InChI is InChI=1S/C12H15N3O2S/c1-10-4-2-3-5-12(10)18(16,17)15-7-6-11-8-13-9-14-11/h2-5,8-9,15H,6-7H2,1H3,(H,13,14). The third-order valence-electron chi connectivity index (χ3n) is 2.62. The molecule has 2 N–H and O–H groups in total. The average Bonchev–Trinajstić information content (AvgIpc) is 2.82. The van der Waals surface area contributed by atoms with Crippen LogP contribution in [0.5, 0.6) is 0 Å². The van der Waals surface area contributed by atoms with Crippen molar-refractivity contribution in [2.24, 2.45) is 0 Å². The summed E-state index contributed by atoms with van der Waals surface area (Å²) in [6.07, 6.45) is 3.85. The molecule has 0 amide bonds. The highest BCUT2D eigenvalue weighted by molar-refractivity contribution is 7.89. The maximum absolute atomic E-state index is 12.0. The van der Waals surface area contributed by atoms with E-state index in [0.29, 0.717) is 17.9 Å². The number of imidazole rings is 1. The maximum Gasteiger partial charge on any atom is 0.240 e. The highest BCUT2D eigenvalue weighted by Crippen LogP contribution is 2.13. The molecule has 6 heteroatoms. The van der Waals surface area contributed by atoms with E-state index in [1.807, 2.05) is 6.07 Å². The molecule has 0 bridgehead atoms. The van der Waals surface area contributed by atoms with Crippen molar-refractivity contribution in [3.05, 3.63) is 48.0 Å². The normalized spacial score (nSPS) is 11.6. The third-order valence-corrected chi connectivity index (χ3v) is 4.25. The van der Waals surface area contributed by atoms with Crippen molar-refractivity contribution in [1.29, 1.82) is 0 Å². The predicted molar refractivity (Wildman–Crippen MR) is 68.7 cm³/mol. The molecule has 0 aliphatic heterocycles. The SMILES string of the molecule is Cc1ccccc1S(=O)(=O)NCCc1cnc[nH]1. The molecule has 0 fully saturated rings. The Morgan fingerprint density at radius 1 is 1.33 bits per heavy atom. The highest BCUT2D eigenvalue weighted by atomic mass is 32.2. The van der Waals surface area contributed by atoms with Crippen LogP contribution in [-0.4, -0.2) is 24.9 Å². The molecule has 0 atom stereocenters. The van der Waals surface area contributed by atoms with E-state index >= 15 is 0 Å². The average molecular weight is 265 g/mol. The van der Waals surface area contributed by atoms with Crippen LogP contribution in [0.25, 0.3) is 0 Å². The van der Waals surface area contributed by atoms with Crippen LogP contribution in [0.4, 0.5) is 0 Å². The van der Waals surface area contributed by atoms with Crippen LogP contribution in [0, 0.1) is 6.92 Å². The van der Waals surface area contributed by atoms with E-state index in [4.69, 9.17) is 0 Å². The van der Waals surface area contributed by atoms with Gasteiger partial charge in [0.2, 0.25) is 10.0 Å². The fourth-order valence-electron chi connectivity index (χ4n) is 1.68. The zero-order chi connectivity index (χ0) is 13.0. The molecular formula is C12H15N3O2S. The molecule has 96 valence electrons. The second kappa shape index (κ2) is 5.32. The summed E-state index contributed by atoms with van der Waals surface area (Å²) in [7, 11) is -3.43. The van der Waals surface area contributed by atoms with Crippen molar-refractivity contribution in [3.8, 4) is 0 Å². The molecule has 1 aromatic carbocycles. The predicted octanol–water partition coefficient (Wildman–Crippen LogP) is 1.24. The van der Waals surface area contributed by atoms with Crippen molar-refractivity contribution in [3.63, 3.8) is 0 Å². The molecule has 0 unspecified atom stereocenters. The van der Waals surface area contributed by atoms with Crippen LogP contribution in [0.3, 0.4) is 0 Å². The van der Waals surface area contributed by atoms with Gasteiger partial charge in [-0.1, -0.05) is 18.2 Å². The summed E-state index contributed by atoms with van der Waals surface area (Å²) >= 11 is 0. The van der Waals surface area contributed by atoms with Crippen molar-refractivity contribution in [2.45, 2.75) is 18.2 Å². The van der Waals surface area contributed by atoms with Gasteiger partial charge >= 0.3 is 0 Å². The van der Waals surface area contributed by atoms with Crippen molar-refractivity contribution in [1.82, 2.24) is 14.7 Å². The number of benzene rings is 1. The fourth-order valence-corrected chi connectivity index (χ4v) is 2.95. The van der Waals surface area contributed by atoms with E-state index in [1.54, 1.807) is 37.6 Å². The van der Waals surface area contributed by atoms with E-state index in [1.165, 1.54) is 0 Å². The summed E-state index contributed by atoms with van der Waals surface area (Å²) in [5, 5.41) is 0. The fraction of sp³-hybridized carbons (Fsp3) is 0.250. The summed E-state index contributed by atoms with van der Waals surface area (Å²) < 4.78 is 26.7. The van der Waals surface area contributed by atoms with Crippen LogP contribution < -0.4 is 4.72 Å². The van der Waals surface area contributed by atoms with E-state index in [-0.39, 0.29) is 0 Å². The second-order valence-electron chi connectivity index (χ2n) is 3.99. The smallest absolute Gasteiger partial charge is 0.240 e. The molecule has 18 heavy (non-hydrogen) atoms. The molecule has 0 aliphatic rings. The quantitative estimate of drug-likeness (QED) is 0.854. The Bertz CT molecular complexity index is 606. The zero-order valence-corrected chi connectivity index (χ0v) is 10.9. The molecular weight excluding hydrogens is 250 g/mol. The molecule has 2 aromatic rings. The largest absolute Gasteiger partial charge is 0.348 e. The van der Waals surface area contributed by atoms with E-state index < -0.39 is 10.0 Å². The van der Waals surface area contributed by atoms with Crippen LogP contribution >= 0.6 is 0 Å². The first-order valence-electron chi connectivity index (χ1n) is 5.62. The minimum Gasteiger partial charge on any atom is -0.348 e. The van der Waals surface area contributed by atoms with E-state index in [0.717, 1.165) is 11.3 Å².